The van der Waals surface area contributed by atoms with Gasteiger partial charge in [0, 0.05) is 24.6 Å². The van der Waals surface area contributed by atoms with Crippen LogP contribution in [0.3, 0.4) is 0 Å². The molecule has 0 saturated carbocycles. The standard InChI is InChI=1S/C13H16N2O5S/c14-21(19,20)8-10-5-12(16)15(7-10)11-3-1-9(2-4-11)6-13(17)18/h1-4,10H,5-8H2,(H,17,18)(H2,14,19,20). The summed E-state index contributed by atoms with van der Waals surface area (Å²) in [4.78, 5) is 24.0. The van der Waals surface area contributed by atoms with Crippen LogP contribution in [0.2, 0.25) is 0 Å². The fourth-order valence-corrected chi connectivity index (χ4v) is 3.32. The van der Waals surface area contributed by atoms with E-state index in [2.05, 4.69) is 0 Å². The molecule has 114 valence electrons. The highest BCUT2D eigenvalue weighted by Gasteiger charge is 2.32. The number of carbonyl (C=O) groups excluding carboxylic acids is 1. The lowest BCUT2D eigenvalue weighted by molar-refractivity contribution is -0.136. The van der Waals surface area contributed by atoms with Crippen LogP contribution >= 0.6 is 0 Å². The van der Waals surface area contributed by atoms with Crippen LogP contribution in [-0.4, -0.2) is 37.7 Å². The van der Waals surface area contributed by atoms with Crippen LogP contribution in [0.4, 0.5) is 5.69 Å². The number of primary sulfonamides is 1. The van der Waals surface area contributed by atoms with Crippen LogP contribution in [0.15, 0.2) is 24.3 Å². The van der Waals surface area contributed by atoms with E-state index in [9.17, 15) is 18.0 Å². The van der Waals surface area contributed by atoms with Gasteiger partial charge in [-0.1, -0.05) is 12.1 Å². The number of amides is 1. The van der Waals surface area contributed by atoms with Crippen LogP contribution in [0.25, 0.3) is 0 Å². The van der Waals surface area contributed by atoms with Gasteiger partial charge >= 0.3 is 5.97 Å². The van der Waals surface area contributed by atoms with Gasteiger partial charge in [0.1, 0.15) is 0 Å². The molecule has 21 heavy (non-hydrogen) atoms. The third-order valence-electron chi connectivity index (χ3n) is 3.28. The third kappa shape index (κ3) is 4.27. The Balaban J connectivity index is 2.08. The summed E-state index contributed by atoms with van der Waals surface area (Å²) in [5.74, 6) is -1.61. The molecule has 1 saturated heterocycles. The molecule has 1 aliphatic heterocycles. The van der Waals surface area contributed by atoms with E-state index in [1.165, 1.54) is 4.90 Å². The second-order valence-electron chi connectivity index (χ2n) is 5.14. The molecular formula is C13H16N2O5S. The maximum absolute atomic E-state index is 11.9. The molecular weight excluding hydrogens is 296 g/mol. The van der Waals surface area contributed by atoms with E-state index in [4.69, 9.17) is 10.2 Å². The number of carboxylic acid groups (broad SMARTS) is 1. The normalized spacial score (nSPS) is 19.0. The van der Waals surface area contributed by atoms with Crippen molar-refractivity contribution in [1.29, 1.82) is 0 Å². The van der Waals surface area contributed by atoms with Crippen molar-refractivity contribution in [2.75, 3.05) is 17.2 Å². The average Bonchev–Trinajstić information content (AvgIpc) is 2.68. The van der Waals surface area contributed by atoms with Crippen molar-refractivity contribution in [2.24, 2.45) is 11.1 Å². The molecule has 2 rings (SSSR count). The van der Waals surface area contributed by atoms with E-state index in [1.54, 1.807) is 24.3 Å². The Morgan fingerprint density at radius 3 is 2.48 bits per heavy atom. The molecule has 0 aromatic heterocycles. The SMILES string of the molecule is NS(=O)(=O)CC1CC(=O)N(c2ccc(CC(=O)O)cc2)C1. The minimum Gasteiger partial charge on any atom is -0.481 e. The summed E-state index contributed by atoms with van der Waals surface area (Å²) in [7, 11) is -3.60. The van der Waals surface area contributed by atoms with Gasteiger partial charge in [-0.2, -0.15) is 0 Å². The van der Waals surface area contributed by atoms with E-state index in [0.29, 0.717) is 17.8 Å². The topological polar surface area (TPSA) is 118 Å². The fourth-order valence-electron chi connectivity index (χ4n) is 2.44. The lowest BCUT2D eigenvalue weighted by atomic mass is 10.1. The zero-order valence-corrected chi connectivity index (χ0v) is 12.0. The first-order valence-corrected chi connectivity index (χ1v) is 8.08. The number of nitrogens with two attached hydrogens (primary N) is 1. The number of sulfonamides is 1. The van der Waals surface area contributed by atoms with Gasteiger partial charge < -0.3 is 10.0 Å². The van der Waals surface area contributed by atoms with Crippen molar-refractivity contribution in [1.82, 2.24) is 0 Å². The number of anilines is 1. The van der Waals surface area contributed by atoms with Gasteiger partial charge in [-0.3, -0.25) is 9.59 Å². The monoisotopic (exact) mass is 312 g/mol. The summed E-state index contributed by atoms with van der Waals surface area (Å²) >= 11 is 0. The predicted octanol–water partition coefficient (Wildman–Crippen LogP) is -0.0449. The number of aliphatic carboxylic acids is 1. The maximum atomic E-state index is 11.9. The molecule has 1 unspecified atom stereocenters. The fraction of sp³-hybridized carbons (Fsp3) is 0.385. The van der Waals surface area contributed by atoms with Crippen LogP contribution < -0.4 is 10.0 Å². The smallest absolute Gasteiger partial charge is 0.307 e. The van der Waals surface area contributed by atoms with Crippen LogP contribution in [0.5, 0.6) is 0 Å². The zero-order chi connectivity index (χ0) is 15.6. The summed E-state index contributed by atoms with van der Waals surface area (Å²) in [6.07, 6.45) is 0.0651. The summed E-state index contributed by atoms with van der Waals surface area (Å²) in [6, 6.07) is 6.61. The summed E-state index contributed by atoms with van der Waals surface area (Å²) in [6.45, 7) is 0.299. The first kappa shape index (κ1) is 15.5. The minimum atomic E-state index is -3.60. The molecule has 0 radical (unpaired) electrons. The molecule has 7 nitrogen and oxygen atoms in total. The zero-order valence-electron chi connectivity index (χ0n) is 11.2. The van der Waals surface area contributed by atoms with E-state index < -0.39 is 16.0 Å². The largest absolute Gasteiger partial charge is 0.481 e. The molecule has 1 aromatic rings. The average molecular weight is 312 g/mol. The quantitative estimate of drug-likeness (QED) is 0.790. The molecule has 3 N–H and O–H groups in total. The Morgan fingerprint density at radius 2 is 1.95 bits per heavy atom. The molecule has 1 aromatic carbocycles. The molecule has 0 aliphatic carbocycles. The summed E-state index contributed by atoms with van der Waals surface area (Å²) in [5.41, 5.74) is 1.27. The molecule has 1 atom stereocenters. The van der Waals surface area contributed by atoms with E-state index in [0.717, 1.165) is 0 Å². The van der Waals surface area contributed by atoms with Crippen molar-refractivity contribution in [3.8, 4) is 0 Å². The van der Waals surface area contributed by atoms with Crippen LogP contribution in [0.1, 0.15) is 12.0 Å². The number of rotatable bonds is 5. The van der Waals surface area contributed by atoms with E-state index >= 15 is 0 Å². The first-order valence-electron chi connectivity index (χ1n) is 6.36. The minimum absolute atomic E-state index is 0.0811. The number of nitrogens with zero attached hydrogens (tertiary/aromatic N) is 1. The maximum Gasteiger partial charge on any atom is 0.307 e. The summed E-state index contributed by atoms with van der Waals surface area (Å²) < 4.78 is 22.2. The van der Waals surface area contributed by atoms with Crippen molar-refractivity contribution in [3.63, 3.8) is 0 Å². The first-order chi connectivity index (χ1) is 9.74. The van der Waals surface area contributed by atoms with Crippen molar-refractivity contribution in [2.45, 2.75) is 12.8 Å². The Hall–Kier alpha value is -1.93. The second-order valence-corrected chi connectivity index (χ2v) is 6.80. The summed E-state index contributed by atoms with van der Waals surface area (Å²) in [5, 5.41) is 13.7. The molecule has 8 heteroatoms. The molecule has 1 heterocycles. The Bertz CT molecular complexity index is 654. The number of carbonyl (C=O) groups is 2. The molecule has 0 bridgehead atoms. The molecule has 1 fully saturated rings. The predicted molar refractivity (Wildman–Crippen MR) is 76.2 cm³/mol. The number of hydrogen-bond donors (Lipinski definition) is 2. The highest BCUT2D eigenvalue weighted by molar-refractivity contribution is 7.89. The third-order valence-corrected chi connectivity index (χ3v) is 4.21. The lowest BCUT2D eigenvalue weighted by Crippen LogP contribution is -2.27. The number of carboxylic acids is 1. The van der Waals surface area contributed by atoms with Gasteiger partial charge in [0.15, 0.2) is 0 Å². The van der Waals surface area contributed by atoms with Gasteiger partial charge in [0.25, 0.3) is 0 Å². The van der Waals surface area contributed by atoms with E-state index in [1.807, 2.05) is 0 Å². The van der Waals surface area contributed by atoms with E-state index in [-0.39, 0.29) is 30.4 Å². The molecule has 1 amide bonds. The van der Waals surface area contributed by atoms with Gasteiger partial charge in [-0.15, -0.1) is 0 Å². The van der Waals surface area contributed by atoms with Crippen LogP contribution in [-0.2, 0) is 26.0 Å². The van der Waals surface area contributed by atoms with Crippen molar-refractivity contribution >= 4 is 27.6 Å². The van der Waals surface area contributed by atoms with Crippen molar-refractivity contribution < 1.29 is 23.1 Å². The van der Waals surface area contributed by atoms with Crippen LogP contribution in [0, 0.1) is 5.92 Å². The highest BCUT2D eigenvalue weighted by atomic mass is 32.2. The van der Waals surface area contributed by atoms with Gasteiger partial charge in [-0.05, 0) is 17.7 Å². The number of hydrogen-bond acceptors (Lipinski definition) is 4. The second kappa shape index (κ2) is 5.82. The molecule has 0 spiro atoms. The van der Waals surface area contributed by atoms with Gasteiger partial charge in [0.2, 0.25) is 15.9 Å². The lowest BCUT2D eigenvalue weighted by Gasteiger charge is -2.17. The highest BCUT2D eigenvalue weighted by Crippen LogP contribution is 2.26. The van der Waals surface area contributed by atoms with Gasteiger partial charge in [-0.25, -0.2) is 13.6 Å². The Kier molecular flexibility index (Phi) is 4.29. The molecule has 1 aliphatic rings. The Labute approximate surface area is 122 Å². The number of benzene rings is 1. The Morgan fingerprint density at radius 1 is 1.33 bits per heavy atom. The van der Waals surface area contributed by atoms with Crippen molar-refractivity contribution in [3.05, 3.63) is 29.8 Å². The van der Waals surface area contributed by atoms with Gasteiger partial charge in [0.05, 0.1) is 12.2 Å².